The van der Waals surface area contributed by atoms with Crippen LogP contribution in [-0.2, 0) is 0 Å². The van der Waals surface area contributed by atoms with Crippen molar-refractivity contribution in [2.75, 3.05) is 13.2 Å². The van der Waals surface area contributed by atoms with Gasteiger partial charge >= 0.3 is 6.18 Å². The molecule has 2 rings (SSSR count). The van der Waals surface area contributed by atoms with Crippen LogP contribution in [0.15, 0.2) is 22.7 Å². The standard InChI is InChI=1S/C15H19BrF3NO/c16-11-5-6-12-13(4-3-9-21-14(12)10-11)20-8-2-1-7-15(17,18)19/h5-6,10,13,20H,1-4,7-9H2. The Balaban J connectivity index is 1.86. The first-order valence-corrected chi connectivity index (χ1v) is 7.97. The molecule has 0 amide bonds. The van der Waals surface area contributed by atoms with Gasteiger partial charge in [0.15, 0.2) is 0 Å². The summed E-state index contributed by atoms with van der Waals surface area (Å²) in [6.45, 7) is 1.27. The Kier molecular flexibility index (Phi) is 5.93. The van der Waals surface area contributed by atoms with Crippen LogP contribution in [0.3, 0.4) is 0 Å². The lowest BCUT2D eigenvalue weighted by Gasteiger charge is -2.18. The van der Waals surface area contributed by atoms with Crippen molar-refractivity contribution in [3.05, 3.63) is 28.2 Å². The lowest BCUT2D eigenvalue weighted by Crippen LogP contribution is -2.22. The zero-order valence-corrected chi connectivity index (χ0v) is 13.3. The van der Waals surface area contributed by atoms with Crippen molar-refractivity contribution in [2.45, 2.75) is 44.3 Å². The topological polar surface area (TPSA) is 21.3 Å². The second-order valence-electron chi connectivity index (χ2n) is 5.25. The van der Waals surface area contributed by atoms with Crippen molar-refractivity contribution in [1.29, 1.82) is 0 Å². The van der Waals surface area contributed by atoms with E-state index in [0.29, 0.717) is 19.6 Å². The normalized spacial score (nSPS) is 18.8. The van der Waals surface area contributed by atoms with E-state index in [4.69, 9.17) is 4.74 Å². The number of unbranched alkanes of at least 4 members (excludes halogenated alkanes) is 1. The van der Waals surface area contributed by atoms with Crippen LogP contribution in [0.2, 0.25) is 0 Å². The Hall–Kier alpha value is -0.750. The lowest BCUT2D eigenvalue weighted by molar-refractivity contribution is -0.135. The van der Waals surface area contributed by atoms with Gasteiger partial charge in [0.1, 0.15) is 5.75 Å². The lowest BCUT2D eigenvalue weighted by atomic mass is 10.0. The highest BCUT2D eigenvalue weighted by molar-refractivity contribution is 9.10. The van der Waals surface area contributed by atoms with Gasteiger partial charge in [-0.1, -0.05) is 22.0 Å². The number of ether oxygens (including phenoxy) is 1. The summed E-state index contributed by atoms with van der Waals surface area (Å²) in [5, 5.41) is 3.36. The molecule has 21 heavy (non-hydrogen) atoms. The predicted molar refractivity (Wildman–Crippen MR) is 79.5 cm³/mol. The summed E-state index contributed by atoms with van der Waals surface area (Å²) < 4.78 is 42.9. The maximum Gasteiger partial charge on any atom is 0.389 e. The highest BCUT2D eigenvalue weighted by Crippen LogP contribution is 2.33. The maximum absolute atomic E-state index is 12.1. The number of fused-ring (bicyclic) bond motifs is 1. The number of benzene rings is 1. The molecule has 1 aliphatic rings. The molecule has 0 fully saturated rings. The Morgan fingerprint density at radius 3 is 2.86 bits per heavy atom. The van der Waals surface area contributed by atoms with E-state index in [1.165, 1.54) is 0 Å². The second-order valence-corrected chi connectivity index (χ2v) is 6.17. The average molecular weight is 366 g/mol. The molecule has 1 N–H and O–H groups in total. The van der Waals surface area contributed by atoms with Gasteiger partial charge < -0.3 is 10.1 Å². The highest BCUT2D eigenvalue weighted by atomic mass is 79.9. The molecule has 1 aliphatic heterocycles. The summed E-state index contributed by atoms with van der Waals surface area (Å²) in [6.07, 6.45) is -2.17. The molecule has 1 atom stereocenters. The van der Waals surface area contributed by atoms with Gasteiger partial charge in [-0.3, -0.25) is 0 Å². The molecule has 118 valence electrons. The Bertz CT molecular complexity index is 465. The largest absolute Gasteiger partial charge is 0.493 e. The molecule has 2 nitrogen and oxygen atoms in total. The molecule has 1 aromatic rings. The SMILES string of the molecule is FC(F)(F)CCCCNC1CCCOc2cc(Br)ccc21. The maximum atomic E-state index is 12.1. The minimum Gasteiger partial charge on any atom is -0.493 e. The van der Waals surface area contributed by atoms with Gasteiger partial charge in [-0.2, -0.15) is 13.2 Å². The summed E-state index contributed by atoms with van der Waals surface area (Å²) in [4.78, 5) is 0. The molecule has 1 aromatic carbocycles. The summed E-state index contributed by atoms with van der Waals surface area (Å²) >= 11 is 3.42. The third kappa shape index (κ3) is 5.51. The minimum absolute atomic E-state index is 0.154. The van der Waals surface area contributed by atoms with E-state index in [0.717, 1.165) is 28.6 Å². The summed E-state index contributed by atoms with van der Waals surface area (Å²) in [5.41, 5.74) is 1.09. The number of hydrogen-bond acceptors (Lipinski definition) is 2. The quantitative estimate of drug-likeness (QED) is 0.742. The van der Waals surface area contributed by atoms with Crippen molar-refractivity contribution in [3.8, 4) is 5.75 Å². The van der Waals surface area contributed by atoms with Crippen molar-refractivity contribution in [3.63, 3.8) is 0 Å². The zero-order chi connectivity index (χ0) is 15.3. The van der Waals surface area contributed by atoms with Crippen molar-refractivity contribution >= 4 is 15.9 Å². The van der Waals surface area contributed by atoms with Crippen LogP contribution >= 0.6 is 15.9 Å². The van der Waals surface area contributed by atoms with Crippen molar-refractivity contribution in [2.24, 2.45) is 0 Å². The van der Waals surface area contributed by atoms with E-state index in [9.17, 15) is 13.2 Å². The zero-order valence-electron chi connectivity index (χ0n) is 11.7. The molecule has 0 saturated carbocycles. The van der Waals surface area contributed by atoms with E-state index in [-0.39, 0.29) is 12.5 Å². The number of rotatable bonds is 5. The number of hydrogen-bond donors (Lipinski definition) is 1. The average Bonchev–Trinajstić information content (AvgIpc) is 2.59. The fourth-order valence-corrected chi connectivity index (χ4v) is 2.83. The first kappa shape index (κ1) is 16.6. The Morgan fingerprint density at radius 1 is 1.29 bits per heavy atom. The van der Waals surface area contributed by atoms with E-state index in [1.807, 2.05) is 18.2 Å². The predicted octanol–water partition coefficient (Wildman–Crippen LogP) is 4.99. The molecule has 0 radical (unpaired) electrons. The van der Waals surface area contributed by atoms with Gasteiger partial charge in [-0.05, 0) is 44.4 Å². The Morgan fingerprint density at radius 2 is 2.10 bits per heavy atom. The van der Waals surface area contributed by atoms with E-state index < -0.39 is 12.6 Å². The smallest absolute Gasteiger partial charge is 0.389 e. The number of nitrogens with one attached hydrogen (secondary N) is 1. The third-order valence-electron chi connectivity index (χ3n) is 3.52. The van der Waals surface area contributed by atoms with E-state index in [1.54, 1.807) is 0 Å². The molecule has 0 bridgehead atoms. The van der Waals surface area contributed by atoms with Crippen LogP contribution in [-0.4, -0.2) is 19.3 Å². The molecular weight excluding hydrogens is 347 g/mol. The van der Waals surface area contributed by atoms with Crippen LogP contribution in [0, 0.1) is 0 Å². The number of halogens is 4. The van der Waals surface area contributed by atoms with Gasteiger partial charge in [-0.25, -0.2) is 0 Å². The monoisotopic (exact) mass is 365 g/mol. The van der Waals surface area contributed by atoms with Crippen LogP contribution in [0.5, 0.6) is 5.75 Å². The fourth-order valence-electron chi connectivity index (χ4n) is 2.48. The summed E-state index contributed by atoms with van der Waals surface area (Å²) in [5.74, 6) is 0.856. The van der Waals surface area contributed by atoms with Gasteiger partial charge in [0.25, 0.3) is 0 Å². The molecule has 0 aliphatic carbocycles. The molecule has 1 heterocycles. The molecule has 0 spiro atoms. The number of alkyl halides is 3. The molecule has 0 aromatic heterocycles. The molecule has 6 heteroatoms. The van der Waals surface area contributed by atoms with Crippen LogP contribution < -0.4 is 10.1 Å². The van der Waals surface area contributed by atoms with E-state index in [2.05, 4.69) is 21.2 Å². The second kappa shape index (κ2) is 7.49. The summed E-state index contributed by atoms with van der Waals surface area (Å²) in [6, 6.07) is 6.07. The van der Waals surface area contributed by atoms with Gasteiger partial charge in [-0.15, -0.1) is 0 Å². The van der Waals surface area contributed by atoms with E-state index >= 15 is 0 Å². The van der Waals surface area contributed by atoms with Crippen LogP contribution in [0.25, 0.3) is 0 Å². The minimum atomic E-state index is -4.05. The molecular formula is C15H19BrF3NO. The third-order valence-corrected chi connectivity index (χ3v) is 4.02. The Labute approximate surface area is 131 Å². The van der Waals surface area contributed by atoms with Crippen molar-refractivity contribution in [1.82, 2.24) is 5.32 Å². The first-order valence-electron chi connectivity index (χ1n) is 7.18. The van der Waals surface area contributed by atoms with Crippen LogP contribution in [0.4, 0.5) is 13.2 Å². The van der Waals surface area contributed by atoms with Gasteiger partial charge in [0.05, 0.1) is 6.61 Å². The van der Waals surface area contributed by atoms with Crippen LogP contribution in [0.1, 0.15) is 43.7 Å². The molecule has 0 saturated heterocycles. The van der Waals surface area contributed by atoms with Gasteiger partial charge in [0, 0.05) is 22.5 Å². The van der Waals surface area contributed by atoms with Gasteiger partial charge in [0.2, 0.25) is 0 Å². The first-order chi connectivity index (χ1) is 9.96. The summed E-state index contributed by atoms with van der Waals surface area (Å²) in [7, 11) is 0. The highest BCUT2D eigenvalue weighted by Gasteiger charge is 2.26. The van der Waals surface area contributed by atoms with Crippen molar-refractivity contribution < 1.29 is 17.9 Å². The molecule has 1 unspecified atom stereocenters. The fraction of sp³-hybridized carbons (Fsp3) is 0.600.